The van der Waals surface area contributed by atoms with E-state index in [1.807, 2.05) is 24.4 Å². The maximum absolute atomic E-state index is 6.18. The van der Waals surface area contributed by atoms with Gasteiger partial charge in [-0.1, -0.05) is 11.6 Å². The van der Waals surface area contributed by atoms with Gasteiger partial charge in [0.15, 0.2) is 5.82 Å². The fraction of sp³-hybridized carbons (Fsp3) is 0.200. The Morgan fingerprint density at radius 3 is 2.93 bits per heavy atom. The third-order valence-corrected chi connectivity index (χ3v) is 5.20. The lowest BCUT2D eigenvalue weighted by Gasteiger charge is -2.27. The second-order valence-corrected chi connectivity index (χ2v) is 7.19. The number of aromatic amines is 1. The number of aromatic nitrogens is 5. The third kappa shape index (κ3) is 3.18. The van der Waals surface area contributed by atoms with Crippen LogP contribution in [0.1, 0.15) is 16.8 Å². The van der Waals surface area contributed by atoms with Crippen molar-refractivity contribution in [3.63, 3.8) is 0 Å². The van der Waals surface area contributed by atoms with Gasteiger partial charge in [-0.05, 0) is 35.7 Å². The number of nitrogens with one attached hydrogen (secondary N) is 1. The Bertz CT molecular complexity index is 1110. The molecule has 4 aromatic rings. The average Bonchev–Trinajstić information content (AvgIpc) is 3.10. The lowest BCUT2D eigenvalue weighted by atomic mass is 10.1. The van der Waals surface area contributed by atoms with Crippen LogP contribution in [-0.4, -0.2) is 36.4 Å². The second-order valence-electron chi connectivity index (χ2n) is 6.76. The number of hydrogen-bond acceptors (Lipinski definition) is 5. The van der Waals surface area contributed by atoms with Crippen LogP contribution in [0.5, 0.6) is 0 Å². The standard InChI is InChI=1S/C20H17ClN6/c21-16-1-2-18-17(5-16)15(9-24-18)10-27-4-3-13-8-25-20(26-19(13)11-27)14-6-22-12-23-7-14/h1-2,5-9,12,24H,3-4,10-11H2. The highest BCUT2D eigenvalue weighted by Crippen LogP contribution is 2.26. The van der Waals surface area contributed by atoms with Crippen LogP contribution in [0.25, 0.3) is 22.3 Å². The fourth-order valence-corrected chi connectivity index (χ4v) is 3.74. The summed E-state index contributed by atoms with van der Waals surface area (Å²) in [6.45, 7) is 2.64. The molecule has 4 heterocycles. The summed E-state index contributed by atoms with van der Waals surface area (Å²) in [6, 6.07) is 5.96. The Labute approximate surface area is 161 Å². The van der Waals surface area contributed by atoms with Crippen LogP contribution in [0, 0.1) is 0 Å². The number of hydrogen-bond donors (Lipinski definition) is 1. The van der Waals surface area contributed by atoms with Gasteiger partial charge >= 0.3 is 0 Å². The lowest BCUT2D eigenvalue weighted by Crippen LogP contribution is -2.31. The molecule has 0 fully saturated rings. The van der Waals surface area contributed by atoms with Gasteiger partial charge in [-0.25, -0.2) is 19.9 Å². The molecule has 0 bridgehead atoms. The predicted octanol–water partition coefficient (Wildman–Crippen LogP) is 3.63. The smallest absolute Gasteiger partial charge is 0.162 e. The highest BCUT2D eigenvalue weighted by Gasteiger charge is 2.20. The molecular formula is C20H17ClN6. The maximum atomic E-state index is 6.18. The van der Waals surface area contributed by atoms with Gasteiger partial charge < -0.3 is 4.98 Å². The normalized spacial score (nSPS) is 14.4. The van der Waals surface area contributed by atoms with Crippen molar-refractivity contribution in [1.29, 1.82) is 0 Å². The Kier molecular flexibility index (Phi) is 4.07. The first kappa shape index (κ1) is 16.4. The van der Waals surface area contributed by atoms with Gasteiger partial charge in [-0.15, -0.1) is 0 Å². The van der Waals surface area contributed by atoms with Crippen LogP contribution < -0.4 is 0 Å². The van der Waals surface area contributed by atoms with E-state index < -0.39 is 0 Å². The number of nitrogens with zero attached hydrogens (tertiary/aromatic N) is 5. The number of benzene rings is 1. The molecule has 0 saturated heterocycles. The molecule has 1 aliphatic heterocycles. The van der Waals surface area contributed by atoms with Crippen molar-refractivity contribution in [3.8, 4) is 11.4 Å². The van der Waals surface area contributed by atoms with E-state index in [2.05, 4.69) is 31.0 Å². The first-order chi connectivity index (χ1) is 13.3. The summed E-state index contributed by atoms with van der Waals surface area (Å²) in [6.07, 6.45) is 9.95. The molecule has 27 heavy (non-hydrogen) atoms. The van der Waals surface area contributed by atoms with E-state index in [0.29, 0.717) is 5.82 Å². The van der Waals surface area contributed by atoms with Gasteiger partial charge in [0.1, 0.15) is 6.33 Å². The summed E-state index contributed by atoms with van der Waals surface area (Å²) in [5.74, 6) is 0.676. The van der Waals surface area contributed by atoms with Crippen molar-refractivity contribution >= 4 is 22.5 Å². The summed E-state index contributed by atoms with van der Waals surface area (Å²) in [7, 11) is 0. The van der Waals surface area contributed by atoms with Crippen molar-refractivity contribution in [2.24, 2.45) is 0 Å². The van der Waals surface area contributed by atoms with Crippen LogP contribution in [0.2, 0.25) is 5.02 Å². The Morgan fingerprint density at radius 2 is 2.04 bits per heavy atom. The van der Waals surface area contributed by atoms with Gasteiger partial charge in [0.2, 0.25) is 0 Å². The van der Waals surface area contributed by atoms with Crippen molar-refractivity contribution in [2.75, 3.05) is 6.54 Å². The minimum absolute atomic E-state index is 0.676. The van der Waals surface area contributed by atoms with E-state index in [9.17, 15) is 0 Å². The highest BCUT2D eigenvalue weighted by molar-refractivity contribution is 6.31. The third-order valence-electron chi connectivity index (χ3n) is 4.97. The molecule has 1 aliphatic rings. The summed E-state index contributed by atoms with van der Waals surface area (Å²) >= 11 is 6.18. The molecule has 0 aliphatic carbocycles. The quantitative estimate of drug-likeness (QED) is 0.591. The van der Waals surface area contributed by atoms with Crippen molar-refractivity contribution in [3.05, 3.63) is 71.2 Å². The van der Waals surface area contributed by atoms with Crippen molar-refractivity contribution in [2.45, 2.75) is 19.5 Å². The molecule has 1 N–H and O–H groups in total. The zero-order chi connectivity index (χ0) is 18.2. The van der Waals surface area contributed by atoms with Crippen LogP contribution in [0.4, 0.5) is 0 Å². The number of fused-ring (bicyclic) bond motifs is 2. The molecule has 7 heteroatoms. The van der Waals surface area contributed by atoms with Crippen LogP contribution in [-0.2, 0) is 19.5 Å². The summed E-state index contributed by atoms with van der Waals surface area (Å²) in [5.41, 5.74) is 5.49. The highest BCUT2D eigenvalue weighted by atomic mass is 35.5. The minimum Gasteiger partial charge on any atom is -0.361 e. The zero-order valence-electron chi connectivity index (χ0n) is 14.6. The van der Waals surface area contributed by atoms with Crippen LogP contribution in [0.15, 0.2) is 49.3 Å². The molecule has 134 valence electrons. The lowest BCUT2D eigenvalue weighted by molar-refractivity contribution is 0.242. The average molecular weight is 377 g/mol. The molecule has 0 unspecified atom stereocenters. The van der Waals surface area contributed by atoms with Crippen molar-refractivity contribution in [1.82, 2.24) is 29.8 Å². The molecular weight excluding hydrogens is 360 g/mol. The molecule has 0 radical (unpaired) electrons. The van der Waals surface area contributed by atoms with E-state index in [1.165, 1.54) is 22.8 Å². The van der Waals surface area contributed by atoms with Gasteiger partial charge in [0.05, 0.1) is 11.3 Å². The Hall–Kier alpha value is -2.83. The zero-order valence-corrected chi connectivity index (χ0v) is 15.3. The van der Waals surface area contributed by atoms with Crippen molar-refractivity contribution < 1.29 is 0 Å². The molecule has 5 rings (SSSR count). The molecule has 0 amide bonds. The van der Waals surface area contributed by atoms with Crippen LogP contribution in [0.3, 0.4) is 0 Å². The topological polar surface area (TPSA) is 70.6 Å². The van der Waals surface area contributed by atoms with Gasteiger partial charge in [-0.3, -0.25) is 4.90 Å². The predicted molar refractivity (Wildman–Crippen MR) is 104 cm³/mol. The van der Waals surface area contributed by atoms with E-state index in [-0.39, 0.29) is 0 Å². The summed E-state index contributed by atoms with van der Waals surface area (Å²) in [5, 5.41) is 1.94. The van der Waals surface area contributed by atoms with E-state index in [1.54, 1.807) is 12.4 Å². The fourth-order valence-electron chi connectivity index (χ4n) is 3.57. The molecule has 6 nitrogen and oxygen atoms in total. The van der Waals surface area contributed by atoms with E-state index in [0.717, 1.165) is 47.9 Å². The Balaban J connectivity index is 1.41. The molecule has 3 aromatic heterocycles. The van der Waals surface area contributed by atoms with Gasteiger partial charge in [0, 0.05) is 60.3 Å². The van der Waals surface area contributed by atoms with Crippen LogP contribution >= 0.6 is 11.6 Å². The molecule has 0 atom stereocenters. The number of H-pyrrole nitrogens is 1. The van der Waals surface area contributed by atoms with Gasteiger partial charge in [-0.2, -0.15) is 0 Å². The summed E-state index contributed by atoms with van der Waals surface area (Å²) < 4.78 is 0. The first-order valence-electron chi connectivity index (χ1n) is 8.84. The van der Waals surface area contributed by atoms with E-state index in [4.69, 9.17) is 16.6 Å². The minimum atomic E-state index is 0.676. The monoisotopic (exact) mass is 376 g/mol. The van der Waals surface area contributed by atoms with E-state index >= 15 is 0 Å². The SMILES string of the molecule is Clc1ccc2[nH]cc(CN3CCc4cnc(-c5cncnc5)nc4C3)c2c1. The van der Waals surface area contributed by atoms with Gasteiger partial charge in [0.25, 0.3) is 0 Å². The number of rotatable bonds is 3. The summed E-state index contributed by atoms with van der Waals surface area (Å²) in [4.78, 5) is 23.1. The largest absolute Gasteiger partial charge is 0.361 e. The second kappa shape index (κ2) is 6.72. The molecule has 1 aromatic carbocycles. The first-order valence-corrected chi connectivity index (χ1v) is 9.22. The maximum Gasteiger partial charge on any atom is 0.162 e. The molecule has 0 saturated carbocycles. The molecule has 0 spiro atoms. The number of halogens is 1. The Morgan fingerprint density at radius 1 is 1.15 bits per heavy atom.